The molecule has 1 heterocycles. The van der Waals surface area contributed by atoms with E-state index in [1.807, 2.05) is 0 Å². The summed E-state index contributed by atoms with van der Waals surface area (Å²) in [7, 11) is -1.91. The molecule has 2 aromatic carbocycles. The molecule has 0 saturated carbocycles. The molecule has 135 valence electrons. The molecule has 0 unspecified atom stereocenters. The predicted octanol–water partition coefficient (Wildman–Crippen LogP) is 2.53. The van der Waals surface area contributed by atoms with E-state index < -0.39 is 10.0 Å². The molecule has 1 aliphatic rings. The Hall–Kier alpha value is -1.02. The molecular weight excluding hydrogens is 481 g/mol. The van der Waals surface area contributed by atoms with Crippen molar-refractivity contribution in [3.05, 3.63) is 54.1 Å². The molecule has 1 fully saturated rings. The zero-order valence-corrected chi connectivity index (χ0v) is 19.0. The van der Waals surface area contributed by atoms with Gasteiger partial charge in [-0.15, -0.1) is 12.1 Å². The normalized spacial score (nSPS) is 14.5. The number of ether oxygens (including phenoxy) is 1. The van der Waals surface area contributed by atoms with Gasteiger partial charge in [0.2, 0.25) is 10.0 Å². The Labute approximate surface area is 186 Å². The molecule has 6 nitrogen and oxygen atoms in total. The summed E-state index contributed by atoms with van der Waals surface area (Å²) in [5.74, 6) is 0.252. The number of sulfonamides is 1. The summed E-state index contributed by atoms with van der Waals surface area (Å²) < 4.78 is 31.4. The van der Waals surface area contributed by atoms with Crippen LogP contribution < -0.4 is 10.1 Å². The van der Waals surface area contributed by atoms with Gasteiger partial charge in [0, 0.05) is 65.8 Å². The van der Waals surface area contributed by atoms with Crippen molar-refractivity contribution in [3.63, 3.8) is 0 Å². The predicted molar refractivity (Wildman–Crippen MR) is 94.2 cm³/mol. The molecule has 3 rings (SSSR count). The molecule has 0 aromatic heterocycles. The van der Waals surface area contributed by atoms with Crippen LogP contribution in [-0.4, -0.2) is 38.8 Å². The van der Waals surface area contributed by atoms with Crippen LogP contribution in [0.15, 0.2) is 47.4 Å². The van der Waals surface area contributed by atoms with Crippen LogP contribution in [0.1, 0.15) is 23.2 Å². The van der Waals surface area contributed by atoms with Crippen molar-refractivity contribution >= 4 is 21.6 Å². The first kappa shape index (κ1) is 21.3. The Bertz CT molecular complexity index is 846. The van der Waals surface area contributed by atoms with Crippen LogP contribution in [0.25, 0.3) is 0 Å². The van der Waals surface area contributed by atoms with E-state index in [-0.39, 0.29) is 52.1 Å². The number of hydrogen-bond acceptors (Lipinski definition) is 4. The Balaban J connectivity index is 0.00000243. The summed E-state index contributed by atoms with van der Waals surface area (Å²) in [6.07, 6.45) is 1.79. The molecule has 26 heavy (non-hydrogen) atoms. The molecule has 0 atom stereocenters. The van der Waals surface area contributed by atoms with Gasteiger partial charge in [-0.25, -0.2) is 8.42 Å². The number of carbonyl (C=O) groups excluding carboxylic acids is 1. The van der Waals surface area contributed by atoms with Gasteiger partial charge in [0.05, 0.1) is 12.0 Å². The molecule has 8 heteroatoms. The van der Waals surface area contributed by atoms with Crippen LogP contribution in [0.3, 0.4) is 0 Å². The standard InChI is InChI=1S/C18H19N2O4S.Pr/c1-24-16-8-4-14(5-9-16)18(21)19-15-6-10-17(11-7-15)25(22,23)20-12-2-3-13-20;/h4-8,10-11H,2-3,12-13H2,1H3,(H,19,21);/q-1;. The van der Waals surface area contributed by atoms with E-state index in [1.165, 1.54) is 23.5 Å². The Morgan fingerprint density at radius 3 is 2.31 bits per heavy atom. The minimum absolute atomic E-state index is 0. The van der Waals surface area contributed by atoms with Crippen molar-refractivity contribution in [1.29, 1.82) is 0 Å². The monoisotopic (exact) mass is 500 g/mol. The van der Waals surface area contributed by atoms with E-state index in [9.17, 15) is 13.2 Å². The van der Waals surface area contributed by atoms with Gasteiger partial charge in [0.15, 0.2) is 5.91 Å². The van der Waals surface area contributed by atoms with Gasteiger partial charge < -0.3 is 10.1 Å². The second-order valence-corrected chi connectivity index (χ2v) is 7.67. The number of amides is 1. The Morgan fingerprint density at radius 2 is 1.77 bits per heavy atom. The third-order valence-electron chi connectivity index (χ3n) is 4.08. The molecule has 1 saturated heterocycles. The second kappa shape index (κ2) is 9.26. The number of carbonyl (C=O) groups is 1. The number of methoxy groups -OCH3 is 1. The molecule has 0 bridgehead atoms. The Morgan fingerprint density at radius 1 is 1.12 bits per heavy atom. The summed E-state index contributed by atoms with van der Waals surface area (Å²) in [5, 5.41) is 2.74. The minimum atomic E-state index is -3.44. The van der Waals surface area contributed by atoms with Gasteiger partial charge in [0.1, 0.15) is 0 Å². The quantitative estimate of drug-likeness (QED) is 0.641. The Kier molecular flexibility index (Phi) is 7.58. The molecule has 0 aliphatic carbocycles. The van der Waals surface area contributed by atoms with Crippen molar-refractivity contribution in [2.45, 2.75) is 17.7 Å². The minimum Gasteiger partial charge on any atom is -0.523 e. The van der Waals surface area contributed by atoms with Crippen LogP contribution in [0.5, 0.6) is 5.75 Å². The first-order valence-corrected chi connectivity index (χ1v) is 9.42. The van der Waals surface area contributed by atoms with E-state index in [4.69, 9.17) is 4.74 Å². The van der Waals surface area contributed by atoms with Gasteiger partial charge >= 0.3 is 0 Å². The van der Waals surface area contributed by atoms with Crippen LogP contribution in [0, 0.1) is 47.4 Å². The fourth-order valence-corrected chi connectivity index (χ4v) is 4.19. The average molecular weight is 500 g/mol. The summed E-state index contributed by atoms with van der Waals surface area (Å²) >= 11 is 0. The molecule has 2 aromatic rings. The van der Waals surface area contributed by atoms with E-state index >= 15 is 0 Å². The average Bonchev–Trinajstić information content (AvgIpc) is 3.18. The van der Waals surface area contributed by atoms with Gasteiger partial charge in [-0.3, -0.25) is 4.79 Å². The number of hydrogen-bond donors (Lipinski definition) is 1. The summed E-state index contributed by atoms with van der Waals surface area (Å²) in [6, 6.07) is 13.9. The maximum atomic E-state index is 12.5. The molecule has 1 aliphatic heterocycles. The van der Waals surface area contributed by atoms with E-state index in [2.05, 4.69) is 11.4 Å². The molecule has 0 spiro atoms. The van der Waals surface area contributed by atoms with Crippen molar-refractivity contribution in [2.24, 2.45) is 0 Å². The van der Waals surface area contributed by atoms with Crippen molar-refractivity contribution in [1.82, 2.24) is 4.31 Å². The first-order valence-electron chi connectivity index (χ1n) is 7.98. The number of anilines is 1. The van der Waals surface area contributed by atoms with Gasteiger partial charge in [0.25, 0.3) is 0 Å². The molecule has 1 N–H and O–H groups in total. The van der Waals surface area contributed by atoms with Gasteiger partial charge in [-0.2, -0.15) is 16.4 Å². The summed E-state index contributed by atoms with van der Waals surface area (Å²) in [6.45, 7) is 1.13. The third kappa shape index (κ3) is 4.82. The number of benzene rings is 2. The number of rotatable bonds is 5. The van der Waals surface area contributed by atoms with E-state index in [0.717, 1.165) is 12.8 Å². The SMILES string of the molecule is COc1[c-]cc(C(=O)Nc2ccc(S(=O)(=O)N3CCCC3)cc2)cc1.[Pr]. The van der Waals surface area contributed by atoms with Gasteiger partial charge in [-0.05, 0) is 37.1 Å². The molecule has 1 amide bonds. The van der Waals surface area contributed by atoms with Crippen LogP contribution >= 0.6 is 0 Å². The fourth-order valence-electron chi connectivity index (χ4n) is 2.67. The maximum Gasteiger partial charge on any atom is 0.243 e. The van der Waals surface area contributed by atoms with Crippen molar-refractivity contribution in [3.8, 4) is 5.75 Å². The zero-order valence-electron chi connectivity index (χ0n) is 14.4. The second-order valence-electron chi connectivity index (χ2n) is 5.74. The number of nitrogens with one attached hydrogen (secondary N) is 1. The van der Waals surface area contributed by atoms with Gasteiger partial charge in [-0.1, -0.05) is 5.56 Å². The largest absolute Gasteiger partial charge is 0.523 e. The fraction of sp³-hybridized carbons (Fsp3) is 0.278. The topological polar surface area (TPSA) is 75.7 Å². The van der Waals surface area contributed by atoms with Crippen molar-refractivity contribution in [2.75, 3.05) is 25.5 Å². The summed E-state index contributed by atoms with van der Waals surface area (Å²) in [4.78, 5) is 12.4. The van der Waals surface area contributed by atoms with E-state index in [1.54, 1.807) is 30.3 Å². The molecule has 1 radical (unpaired) electrons. The van der Waals surface area contributed by atoms with Crippen LogP contribution in [0.2, 0.25) is 0 Å². The summed E-state index contributed by atoms with van der Waals surface area (Å²) in [5.41, 5.74) is 0.968. The first-order chi connectivity index (χ1) is 12.0. The molecular formula is C18H19N2O4PrS-. The maximum absolute atomic E-state index is 12.5. The van der Waals surface area contributed by atoms with Crippen LogP contribution in [0.4, 0.5) is 5.69 Å². The third-order valence-corrected chi connectivity index (χ3v) is 5.99. The van der Waals surface area contributed by atoms with Crippen LogP contribution in [-0.2, 0) is 10.0 Å². The number of nitrogens with zero attached hydrogens (tertiary/aromatic N) is 1. The zero-order chi connectivity index (χ0) is 17.9. The smallest absolute Gasteiger partial charge is 0.243 e. The van der Waals surface area contributed by atoms with E-state index in [0.29, 0.717) is 30.1 Å². The van der Waals surface area contributed by atoms with Crippen molar-refractivity contribution < 1.29 is 59.2 Å².